The highest BCUT2D eigenvalue weighted by atomic mass is 79.9. The second-order valence-corrected chi connectivity index (χ2v) is 2.28. The van der Waals surface area contributed by atoms with Crippen LogP contribution in [0.25, 0.3) is 0 Å². The van der Waals surface area contributed by atoms with Crippen molar-refractivity contribution in [1.82, 2.24) is 0 Å². The zero-order valence-electron chi connectivity index (χ0n) is 5.59. The average molecular weight is 211 g/mol. The number of hydrogen-bond acceptors (Lipinski definition) is 4. The number of carbonyl (C=O) groups excluding carboxylic acids is 2. The van der Waals surface area contributed by atoms with Gasteiger partial charge in [0.05, 0.1) is 7.11 Å². The van der Waals surface area contributed by atoms with Gasteiger partial charge in [-0.3, -0.25) is 4.79 Å². The van der Waals surface area contributed by atoms with Gasteiger partial charge in [0.1, 0.15) is 0 Å². The Morgan fingerprint density at radius 2 is 2.00 bits per heavy atom. The SMILES string of the molecule is COC(=O)C(Br)OC(C)=O. The van der Waals surface area contributed by atoms with Gasteiger partial charge in [0, 0.05) is 6.92 Å². The number of methoxy groups -OCH3 is 1. The Bertz CT molecular complexity index is 145. The minimum Gasteiger partial charge on any atom is -0.466 e. The summed E-state index contributed by atoms with van der Waals surface area (Å²) in [4.78, 5) is 20.7. The molecule has 0 spiro atoms. The van der Waals surface area contributed by atoms with Crippen molar-refractivity contribution in [3.8, 4) is 0 Å². The maximum absolute atomic E-state index is 10.5. The molecule has 58 valence electrons. The van der Waals surface area contributed by atoms with E-state index in [1.165, 1.54) is 14.0 Å². The fraction of sp³-hybridized carbons (Fsp3) is 0.600. The highest BCUT2D eigenvalue weighted by Crippen LogP contribution is 2.03. The van der Waals surface area contributed by atoms with E-state index >= 15 is 0 Å². The van der Waals surface area contributed by atoms with Crippen LogP contribution in [0.1, 0.15) is 6.92 Å². The molecule has 0 aliphatic rings. The van der Waals surface area contributed by atoms with Crippen LogP contribution in [0, 0.1) is 0 Å². The van der Waals surface area contributed by atoms with Crippen LogP contribution in [0.2, 0.25) is 0 Å². The van der Waals surface area contributed by atoms with Crippen LogP contribution in [0.4, 0.5) is 0 Å². The molecule has 0 radical (unpaired) electrons. The average Bonchev–Trinajstić information content (AvgIpc) is 1.85. The van der Waals surface area contributed by atoms with Crippen molar-refractivity contribution in [3.05, 3.63) is 0 Å². The lowest BCUT2D eigenvalue weighted by Crippen LogP contribution is -2.21. The lowest BCUT2D eigenvalue weighted by molar-refractivity contribution is -0.157. The van der Waals surface area contributed by atoms with Gasteiger partial charge in [-0.05, 0) is 15.9 Å². The van der Waals surface area contributed by atoms with Gasteiger partial charge >= 0.3 is 11.9 Å². The molecule has 5 heteroatoms. The van der Waals surface area contributed by atoms with Crippen LogP contribution in [-0.2, 0) is 19.1 Å². The highest BCUT2D eigenvalue weighted by Gasteiger charge is 2.17. The summed E-state index contributed by atoms with van der Waals surface area (Å²) in [7, 11) is 1.21. The Kier molecular flexibility index (Phi) is 4.02. The Morgan fingerprint density at radius 1 is 1.50 bits per heavy atom. The van der Waals surface area contributed by atoms with Crippen LogP contribution >= 0.6 is 15.9 Å². The van der Waals surface area contributed by atoms with E-state index in [9.17, 15) is 9.59 Å². The van der Waals surface area contributed by atoms with Crippen LogP contribution in [0.15, 0.2) is 0 Å². The number of alkyl halides is 1. The molecule has 0 saturated carbocycles. The molecular weight excluding hydrogens is 204 g/mol. The standard InChI is InChI=1S/C5H7BrO4/c1-3(7)10-4(6)5(8)9-2/h4H,1-2H3. The van der Waals surface area contributed by atoms with E-state index in [2.05, 4.69) is 25.4 Å². The smallest absolute Gasteiger partial charge is 0.358 e. The second kappa shape index (κ2) is 4.27. The zero-order valence-corrected chi connectivity index (χ0v) is 7.17. The molecule has 0 amide bonds. The third-order valence-electron chi connectivity index (χ3n) is 0.656. The largest absolute Gasteiger partial charge is 0.466 e. The van der Waals surface area contributed by atoms with Crippen LogP contribution in [-0.4, -0.2) is 24.1 Å². The molecule has 0 heterocycles. The first-order chi connectivity index (χ1) is 4.57. The molecule has 0 aliphatic carbocycles. The van der Waals surface area contributed by atoms with E-state index in [0.29, 0.717) is 0 Å². The number of esters is 2. The highest BCUT2D eigenvalue weighted by molar-refractivity contribution is 9.09. The van der Waals surface area contributed by atoms with Gasteiger partial charge in [0.2, 0.25) is 0 Å². The maximum atomic E-state index is 10.5. The summed E-state index contributed by atoms with van der Waals surface area (Å²) in [5.41, 5.74) is 0. The van der Waals surface area contributed by atoms with E-state index < -0.39 is 17.0 Å². The molecule has 0 aromatic carbocycles. The lowest BCUT2D eigenvalue weighted by Gasteiger charge is -2.05. The molecule has 0 aliphatic heterocycles. The molecule has 4 nitrogen and oxygen atoms in total. The Morgan fingerprint density at radius 3 is 2.30 bits per heavy atom. The number of carbonyl (C=O) groups is 2. The Balaban J connectivity index is 3.72. The first-order valence-corrected chi connectivity index (χ1v) is 3.38. The molecule has 0 saturated heterocycles. The van der Waals surface area contributed by atoms with E-state index in [1.807, 2.05) is 0 Å². The molecule has 0 fully saturated rings. The fourth-order valence-electron chi connectivity index (χ4n) is 0.286. The van der Waals surface area contributed by atoms with Crippen molar-refractivity contribution >= 4 is 27.9 Å². The van der Waals surface area contributed by atoms with Gasteiger partial charge in [0.25, 0.3) is 5.01 Å². The first kappa shape index (κ1) is 9.42. The summed E-state index contributed by atoms with van der Waals surface area (Å²) < 4.78 is 8.66. The molecule has 0 N–H and O–H groups in total. The van der Waals surface area contributed by atoms with E-state index in [1.54, 1.807) is 0 Å². The molecule has 1 atom stereocenters. The minimum absolute atomic E-state index is 0.535. The number of hydrogen-bond donors (Lipinski definition) is 0. The van der Waals surface area contributed by atoms with Crippen LogP contribution in [0.3, 0.4) is 0 Å². The zero-order chi connectivity index (χ0) is 8.15. The van der Waals surface area contributed by atoms with Crippen molar-refractivity contribution in [3.63, 3.8) is 0 Å². The van der Waals surface area contributed by atoms with Gasteiger partial charge in [-0.1, -0.05) is 0 Å². The third-order valence-corrected chi connectivity index (χ3v) is 1.22. The van der Waals surface area contributed by atoms with Crippen molar-refractivity contribution in [1.29, 1.82) is 0 Å². The Hall–Kier alpha value is -0.580. The number of halogens is 1. The van der Waals surface area contributed by atoms with Crippen molar-refractivity contribution in [2.75, 3.05) is 7.11 Å². The monoisotopic (exact) mass is 210 g/mol. The van der Waals surface area contributed by atoms with Crippen LogP contribution < -0.4 is 0 Å². The summed E-state index contributed by atoms with van der Waals surface area (Å²) in [5.74, 6) is -1.16. The molecule has 0 aromatic rings. The number of ether oxygens (including phenoxy) is 2. The molecule has 0 rings (SSSR count). The molecular formula is C5H7BrO4. The van der Waals surface area contributed by atoms with E-state index in [0.717, 1.165) is 0 Å². The first-order valence-electron chi connectivity index (χ1n) is 2.47. The van der Waals surface area contributed by atoms with Gasteiger partial charge in [0.15, 0.2) is 0 Å². The summed E-state index contributed by atoms with van der Waals surface area (Å²) >= 11 is 2.79. The lowest BCUT2D eigenvalue weighted by atomic mass is 10.7. The summed E-state index contributed by atoms with van der Waals surface area (Å²) in [5, 5.41) is -0.991. The predicted octanol–water partition coefficient (Wildman–Crippen LogP) is 0.443. The Labute approximate surface area is 66.6 Å². The number of rotatable bonds is 2. The van der Waals surface area contributed by atoms with Gasteiger partial charge in [-0.2, -0.15) is 0 Å². The molecule has 10 heavy (non-hydrogen) atoms. The van der Waals surface area contributed by atoms with E-state index in [-0.39, 0.29) is 0 Å². The summed E-state index contributed by atoms with van der Waals surface area (Å²) in [6, 6.07) is 0. The van der Waals surface area contributed by atoms with E-state index in [4.69, 9.17) is 0 Å². The summed E-state index contributed by atoms with van der Waals surface area (Å²) in [6.07, 6.45) is 0. The minimum atomic E-state index is -0.991. The second-order valence-electron chi connectivity index (χ2n) is 1.45. The fourth-order valence-corrected chi connectivity index (χ4v) is 0.737. The molecule has 1 unspecified atom stereocenters. The van der Waals surface area contributed by atoms with Crippen molar-refractivity contribution < 1.29 is 19.1 Å². The van der Waals surface area contributed by atoms with Crippen molar-refractivity contribution in [2.45, 2.75) is 11.9 Å². The van der Waals surface area contributed by atoms with Gasteiger partial charge in [-0.25, -0.2) is 4.79 Å². The molecule has 0 bridgehead atoms. The van der Waals surface area contributed by atoms with Crippen molar-refractivity contribution in [2.24, 2.45) is 0 Å². The normalized spacial score (nSPS) is 11.9. The third kappa shape index (κ3) is 3.45. The quantitative estimate of drug-likeness (QED) is 0.491. The summed E-state index contributed by atoms with van der Waals surface area (Å²) in [6.45, 7) is 1.21. The maximum Gasteiger partial charge on any atom is 0.358 e. The topological polar surface area (TPSA) is 52.6 Å². The predicted molar refractivity (Wildman–Crippen MR) is 36.5 cm³/mol. The van der Waals surface area contributed by atoms with Gasteiger partial charge in [-0.15, -0.1) is 0 Å². The molecule has 0 aromatic heterocycles. The van der Waals surface area contributed by atoms with Gasteiger partial charge < -0.3 is 9.47 Å². The van der Waals surface area contributed by atoms with Crippen LogP contribution in [0.5, 0.6) is 0 Å².